The van der Waals surface area contributed by atoms with Gasteiger partial charge >= 0.3 is 5.97 Å². The second-order valence-electron chi connectivity index (χ2n) is 5.07. The molecule has 1 aromatic rings. The lowest BCUT2D eigenvalue weighted by molar-refractivity contribution is -0.124. The molecule has 1 amide bonds. The Kier molecular flexibility index (Phi) is 3.36. The topological polar surface area (TPSA) is 66.4 Å². The molecule has 0 saturated heterocycles. The van der Waals surface area contributed by atoms with E-state index in [4.69, 9.17) is 5.11 Å². The second-order valence-corrected chi connectivity index (χ2v) is 5.07. The zero-order valence-electron chi connectivity index (χ0n) is 10.4. The number of hydrogen-bond donors (Lipinski definition) is 2. The Labute approximate surface area is 106 Å². The largest absolute Gasteiger partial charge is 0.478 e. The van der Waals surface area contributed by atoms with Crippen LogP contribution in [0.1, 0.15) is 43.0 Å². The molecule has 0 heterocycles. The van der Waals surface area contributed by atoms with Crippen molar-refractivity contribution < 1.29 is 14.7 Å². The third kappa shape index (κ3) is 2.37. The van der Waals surface area contributed by atoms with Gasteiger partial charge in [-0.25, -0.2) is 4.79 Å². The van der Waals surface area contributed by atoms with E-state index in [1.54, 1.807) is 18.2 Å². The van der Waals surface area contributed by atoms with Crippen molar-refractivity contribution in [2.75, 3.05) is 5.32 Å². The van der Waals surface area contributed by atoms with Crippen molar-refractivity contribution in [2.24, 2.45) is 5.41 Å². The summed E-state index contributed by atoms with van der Waals surface area (Å²) in [5.41, 5.74) is 0.154. The second kappa shape index (κ2) is 4.80. The van der Waals surface area contributed by atoms with Crippen molar-refractivity contribution in [3.8, 4) is 0 Å². The summed E-state index contributed by atoms with van der Waals surface area (Å²) in [5.74, 6) is -1.10. The lowest BCUT2D eigenvalue weighted by atomic mass is 9.87. The SMILES string of the molecule is CC1(C(=O)Nc2ccccc2C(=O)O)CCCC1. The van der Waals surface area contributed by atoms with Crippen LogP contribution in [0.25, 0.3) is 0 Å². The van der Waals surface area contributed by atoms with Crippen LogP contribution in [-0.4, -0.2) is 17.0 Å². The minimum atomic E-state index is -1.03. The number of carbonyl (C=O) groups is 2. The highest BCUT2D eigenvalue weighted by Gasteiger charge is 2.36. The van der Waals surface area contributed by atoms with Crippen molar-refractivity contribution in [2.45, 2.75) is 32.6 Å². The molecule has 0 atom stereocenters. The van der Waals surface area contributed by atoms with E-state index in [1.165, 1.54) is 6.07 Å². The number of aromatic carboxylic acids is 1. The molecule has 0 bridgehead atoms. The minimum Gasteiger partial charge on any atom is -0.478 e. The number of carbonyl (C=O) groups excluding carboxylic acids is 1. The molecule has 2 rings (SSSR count). The number of benzene rings is 1. The standard InChI is InChI=1S/C14H17NO3/c1-14(8-4-5-9-14)13(18)15-11-7-3-2-6-10(11)12(16)17/h2-3,6-7H,4-5,8-9H2,1H3,(H,15,18)(H,16,17). The maximum Gasteiger partial charge on any atom is 0.337 e. The zero-order valence-corrected chi connectivity index (χ0v) is 10.4. The number of hydrogen-bond acceptors (Lipinski definition) is 2. The number of anilines is 1. The van der Waals surface area contributed by atoms with Gasteiger partial charge in [-0.05, 0) is 25.0 Å². The van der Waals surface area contributed by atoms with Crippen LogP contribution in [0.4, 0.5) is 5.69 Å². The fourth-order valence-corrected chi connectivity index (χ4v) is 2.43. The van der Waals surface area contributed by atoms with Crippen molar-refractivity contribution in [1.29, 1.82) is 0 Å². The highest BCUT2D eigenvalue weighted by molar-refractivity contribution is 6.02. The number of rotatable bonds is 3. The summed E-state index contributed by atoms with van der Waals surface area (Å²) in [6.45, 7) is 1.94. The molecule has 1 aromatic carbocycles. The van der Waals surface area contributed by atoms with Crippen LogP contribution in [0, 0.1) is 5.41 Å². The summed E-state index contributed by atoms with van der Waals surface area (Å²) in [4.78, 5) is 23.3. The third-order valence-electron chi connectivity index (χ3n) is 3.66. The van der Waals surface area contributed by atoms with Crippen LogP contribution >= 0.6 is 0 Å². The molecular weight excluding hydrogens is 230 g/mol. The lowest BCUT2D eigenvalue weighted by Gasteiger charge is -2.22. The smallest absolute Gasteiger partial charge is 0.337 e. The van der Waals surface area contributed by atoms with E-state index in [2.05, 4.69) is 5.32 Å². The zero-order chi connectivity index (χ0) is 13.2. The van der Waals surface area contributed by atoms with E-state index in [-0.39, 0.29) is 16.9 Å². The maximum absolute atomic E-state index is 12.2. The van der Waals surface area contributed by atoms with Crippen molar-refractivity contribution in [1.82, 2.24) is 0 Å². The maximum atomic E-state index is 12.2. The molecule has 1 aliphatic carbocycles. The number of nitrogens with one attached hydrogen (secondary N) is 1. The molecule has 2 N–H and O–H groups in total. The van der Waals surface area contributed by atoms with Crippen molar-refractivity contribution in [3.05, 3.63) is 29.8 Å². The van der Waals surface area contributed by atoms with Crippen LogP contribution in [0.2, 0.25) is 0 Å². The van der Waals surface area contributed by atoms with Gasteiger partial charge in [0.2, 0.25) is 5.91 Å². The molecule has 0 radical (unpaired) electrons. The van der Waals surface area contributed by atoms with Gasteiger partial charge in [0.05, 0.1) is 11.3 Å². The Bertz CT molecular complexity index is 476. The number of amides is 1. The van der Waals surface area contributed by atoms with E-state index in [1.807, 2.05) is 6.92 Å². The first-order valence-electron chi connectivity index (χ1n) is 6.17. The van der Waals surface area contributed by atoms with Gasteiger partial charge in [-0.1, -0.05) is 31.9 Å². The van der Waals surface area contributed by atoms with Crippen molar-refractivity contribution in [3.63, 3.8) is 0 Å². The molecule has 1 fully saturated rings. The summed E-state index contributed by atoms with van der Waals surface area (Å²) in [7, 11) is 0. The Morgan fingerprint density at radius 2 is 1.83 bits per heavy atom. The lowest BCUT2D eigenvalue weighted by Crippen LogP contribution is -2.31. The molecule has 1 saturated carbocycles. The minimum absolute atomic E-state index is 0.0753. The van der Waals surface area contributed by atoms with Gasteiger partial charge in [0.1, 0.15) is 0 Å². The molecule has 0 unspecified atom stereocenters. The number of carboxylic acid groups (broad SMARTS) is 1. The Morgan fingerprint density at radius 1 is 1.22 bits per heavy atom. The Balaban J connectivity index is 2.19. The van der Waals surface area contributed by atoms with Gasteiger partial charge < -0.3 is 10.4 Å². The molecule has 4 nitrogen and oxygen atoms in total. The first kappa shape index (κ1) is 12.6. The van der Waals surface area contributed by atoms with Gasteiger partial charge in [0, 0.05) is 5.41 Å². The first-order valence-corrected chi connectivity index (χ1v) is 6.17. The molecule has 0 aromatic heterocycles. The molecule has 0 spiro atoms. The first-order chi connectivity index (χ1) is 8.53. The summed E-state index contributed by atoms with van der Waals surface area (Å²) in [6, 6.07) is 6.49. The highest BCUT2D eigenvalue weighted by Crippen LogP contribution is 2.38. The predicted molar refractivity (Wildman–Crippen MR) is 68.6 cm³/mol. The predicted octanol–water partition coefficient (Wildman–Crippen LogP) is 2.90. The average Bonchev–Trinajstić information content (AvgIpc) is 2.78. The highest BCUT2D eigenvalue weighted by atomic mass is 16.4. The third-order valence-corrected chi connectivity index (χ3v) is 3.66. The molecule has 18 heavy (non-hydrogen) atoms. The normalized spacial score (nSPS) is 17.4. The van der Waals surface area contributed by atoms with E-state index in [9.17, 15) is 9.59 Å². The molecule has 4 heteroatoms. The fourth-order valence-electron chi connectivity index (χ4n) is 2.43. The summed E-state index contributed by atoms with van der Waals surface area (Å²) in [5, 5.41) is 11.8. The fraction of sp³-hybridized carbons (Fsp3) is 0.429. The monoisotopic (exact) mass is 247 g/mol. The van der Waals surface area contributed by atoms with E-state index in [0.717, 1.165) is 25.7 Å². The van der Waals surface area contributed by atoms with Crippen LogP contribution in [0.5, 0.6) is 0 Å². The van der Waals surface area contributed by atoms with Crippen LogP contribution in [0.3, 0.4) is 0 Å². The van der Waals surface area contributed by atoms with Gasteiger partial charge in [-0.15, -0.1) is 0 Å². The molecular formula is C14H17NO3. The van der Waals surface area contributed by atoms with Gasteiger partial charge in [0.15, 0.2) is 0 Å². The van der Waals surface area contributed by atoms with Gasteiger partial charge in [0.25, 0.3) is 0 Å². The Hall–Kier alpha value is -1.84. The van der Waals surface area contributed by atoms with Crippen molar-refractivity contribution >= 4 is 17.6 Å². The summed E-state index contributed by atoms with van der Waals surface area (Å²) < 4.78 is 0. The van der Waals surface area contributed by atoms with Crippen LogP contribution in [-0.2, 0) is 4.79 Å². The van der Waals surface area contributed by atoms with Crippen LogP contribution in [0.15, 0.2) is 24.3 Å². The Morgan fingerprint density at radius 3 is 2.44 bits per heavy atom. The van der Waals surface area contributed by atoms with E-state index in [0.29, 0.717) is 5.69 Å². The van der Waals surface area contributed by atoms with Crippen LogP contribution < -0.4 is 5.32 Å². The summed E-state index contributed by atoms with van der Waals surface area (Å²) in [6.07, 6.45) is 3.86. The molecule has 96 valence electrons. The number of carboxylic acids is 1. The average molecular weight is 247 g/mol. The summed E-state index contributed by atoms with van der Waals surface area (Å²) >= 11 is 0. The van der Waals surface area contributed by atoms with Gasteiger partial charge in [-0.2, -0.15) is 0 Å². The number of para-hydroxylation sites is 1. The quantitative estimate of drug-likeness (QED) is 0.863. The molecule has 0 aliphatic heterocycles. The molecule has 1 aliphatic rings. The van der Waals surface area contributed by atoms with E-state index < -0.39 is 5.97 Å². The van der Waals surface area contributed by atoms with E-state index >= 15 is 0 Å². The van der Waals surface area contributed by atoms with Gasteiger partial charge in [-0.3, -0.25) is 4.79 Å².